The molecule has 2 unspecified atom stereocenters. The van der Waals surface area contributed by atoms with E-state index in [9.17, 15) is 36.0 Å². The summed E-state index contributed by atoms with van der Waals surface area (Å²) in [5.74, 6) is -6.29. The second kappa shape index (κ2) is 42.1. The molecule has 21 heteroatoms. The minimum Gasteiger partial charge on any atom is -0.298 e. The molecule has 0 bridgehead atoms. The van der Waals surface area contributed by atoms with Crippen LogP contribution in [0.5, 0.6) is 0 Å². The number of benzene rings is 7. The van der Waals surface area contributed by atoms with Gasteiger partial charge >= 0.3 is 0 Å². The lowest BCUT2D eigenvalue weighted by Crippen LogP contribution is -2.30. The van der Waals surface area contributed by atoms with Gasteiger partial charge in [-0.05, 0) is 225 Å². The Morgan fingerprint density at radius 3 is 1.26 bits per heavy atom. The Bertz CT molecular complexity index is 7510. The van der Waals surface area contributed by atoms with Crippen LogP contribution < -0.4 is 0 Å². The van der Waals surface area contributed by atoms with Gasteiger partial charge in [0.15, 0.2) is 34.8 Å². The number of Topliss-reactive ketones (excluding diaryl/α,β-unsaturated/α-hetero) is 2. The number of ketones is 2. The van der Waals surface area contributed by atoms with Crippen LogP contribution in [0.15, 0.2) is 172 Å². The van der Waals surface area contributed by atoms with Crippen molar-refractivity contribution in [3.8, 4) is 54.2 Å². The van der Waals surface area contributed by atoms with Crippen molar-refractivity contribution in [2.24, 2.45) is 4.40 Å². The molecule has 0 aliphatic heterocycles. The number of carbonyl (C=O) groups excluding carboxylic acids is 2. The summed E-state index contributed by atoms with van der Waals surface area (Å²) in [6, 6.07) is 50.0. The molecule has 0 saturated carbocycles. The lowest BCUT2D eigenvalue weighted by Gasteiger charge is -2.35. The monoisotopic (exact) mass is 1970 g/mol. The number of thiol groups is 1. The fourth-order valence-electron chi connectivity index (χ4n) is 22.0. The van der Waals surface area contributed by atoms with E-state index in [4.69, 9.17) is 8.75 Å². The first-order valence-corrected chi connectivity index (χ1v) is 54.8. The van der Waals surface area contributed by atoms with Crippen LogP contribution in [-0.2, 0) is 49.4 Å². The van der Waals surface area contributed by atoms with Gasteiger partial charge in [-0.1, -0.05) is 265 Å². The molecule has 0 fully saturated rings. The first kappa shape index (κ1) is 97.7. The van der Waals surface area contributed by atoms with Gasteiger partial charge in [-0.2, -0.15) is 29.8 Å². The van der Waals surface area contributed by atoms with E-state index in [1.807, 2.05) is 76.5 Å². The number of nitriles is 4. The SMILES string of the molecule is CCCCCCc1cc(C)cc(C2(c3cc(CCCCCC)cc(CCCCCC)c3)c3cc(C4=CC=C(/C=C5\C(=O)c6cc(F)c(F)cc6C5=C(C#N)C#N)C(=NS)C4=N)sc3-c3sc4c5c(sc4c32)-c2sc3cc(-c4ccc(/C=C6\C(=O)c7cc(F)c(F)cc7C6=C(C#N)C#N)c6nsnc46)sc3c2C5(c2cc(C)cc(CCCCCC)c2)c2cc(CCCCCC)cc(CCCCCC)c2)c1. The molecular weight excluding hydrogens is 1860 g/mol. The van der Waals surface area contributed by atoms with Gasteiger partial charge in [0.25, 0.3) is 0 Å². The van der Waals surface area contributed by atoms with Crippen LogP contribution in [0, 0.1) is 87.9 Å². The quantitative estimate of drug-likeness (QED) is 0.00953. The molecule has 6 aromatic heterocycles. The molecule has 5 aliphatic carbocycles. The zero-order valence-corrected chi connectivity index (χ0v) is 85.7. The number of halogens is 4. The van der Waals surface area contributed by atoms with E-state index < -0.39 is 56.8 Å². The van der Waals surface area contributed by atoms with Gasteiger partial charge in [0, 0.05) is 86.8 Å². The number of allylic oxidation sites excluding steroid dienone is 11. The summed E-state index contributed by atoms with van der Waals surface area (Å²) in [7, 11) is 0. The Labute approximate surface area is 842 Å². The Hall–Kier alpha value is -11.5. The summed E-state index contributed by atoms with van der Waals surface area (Å²) in [5, 5.41) is 52.1. The fraction of sp³-hybridized carbons (Fsp3) is 0.339. The molecule has 0 spiro atoms. The number of thiophene rings is 5. The van der Waals surface area contributed by atoms with Gasteiger partial charge in [0.1, 0.15) is 52.2 Å². The highest BCUT2D eigenvalue weighted by molar-refractivity contribution is 7.79. The molecule has 18 rings (SSSR count). The van der Waals surface area contributed by atoms with E-state index in [2.05, 4.69) is 158 Å². The Morgan fingerprint density at radius 1 is 0.410 bits per heavy atom. The van der Waals surface area contributed by atoms with Gasteiger partial charge in [-0.25, -0.2) is 22.0 Å². The van der Waals surface area contributed by atoms with Gasteiger partial charge in [0.05, 0.1) is 61.9 Å². The third-order valence-electron chi connectivity index (χ3n) is 28.6. The van der Waals surface area contributed by atoms with Crippen LogP contribution in [-0.4, -0.2) is 31.7 Å². The van der Waals surface area contributed by atoms with Gasteiger partial charge in [-0.3, -0.25) is 15.0 Å². The second-order valence-electron chi connectivity index (χ2n) is 38.1. The number of nitrogens with one attached hydrogen (secondary N) is 1. The van der Waals surface area contributed by atoms with Crippen LogP contribution in [0.3, 0.4) is 0 Å². The molecule has 704 valence electrons. The van der Waals surface area contributed by atoms with Crippen molar-refractivity contribution in [3.63, 3.8) is 0 Å². The number of hydrogen-bond donors (Lipinski definition) is 2. The van der Waals surface area contributed by atoms with E-state index >= 15 is 17.6 Å². The minimum absolute atomic E-state index is 0.0178. The molecule has 6 heterocycles. The van der Waals surface area contributed by atoms with Gasteiger partial charge in [0.2, 0.25) is 0 Å². The van der Waals surface area contributed by atoms with E-state index in [1.54, 1.807) is 34.8 Å². The average molecular weight is 1970 g/mol. The molecule has 5 aliphatic rings. The first-order chi connectivity index (χ1) is 67.6. The maximum Gasteiger partial charge on any atom is 0.194 e. The van der Waals surface area contributed by atoms with Crippen molar-refractivity contribution in [1.82, 2.24) is 8.75 Å². The molecular formula is C118H110F4N8O2S7. The molecule has 10 nitrogen and oxygen atoms in total. The Balaban J connectivity index is 0.938. The smallest absolute Gasteiger partial charge is 0.194 e. The molecule has 139 heavy (non-hydrogen) atoms. The van der Waals surface area contributed by atoms with Crippen molar-refractivity contribution in [2.75, 3.05) is 0 Å². The van der Waals surface area contributed by atoms with Gasteiger partial charge in [-0.15, -0.1) is 56.7 Å². The van der Waals surface area contributed by atoms with E-state index in [-0.39, 0.29) is 61.5 Å². The van der Waals surface area contributed by atoms with Crippen molar-refractivity contribution < 1.29 is 27.2 Å². The predicted octanol–water partition coefficient (Wildman–Crippen LogP) is 33.9. The van der Waals surface area contributed by atoms with Gasteiger partial charge < -0.3 is 0 Å². The molecule has 2 atom stereocenters. The first-order valence-electron chi connectivity index (χ1n) is 49.6. The third-order valence-corrected chi connectivity index (χ3v) is 35.8. The number of carbonyl (C=O) groups is 2. The van der Waals surface area contributed by atoms with Crippen molar-refractivity contribution in [2.45, 2.75) is 259 Å². The van der Waals surface area contributed by atoms with Crippen LogP contribution in [0.1, 0.15) is 327 Å². The zero-order chi connectivity index (χ0) is 97.2. The van der Waals surface area contributed by atoms with Crippen LogP contribution in [0.2, 0.25) is 0 Å². The Kier molecular flexibility index (Phi) is 29.6. The molecule has 13 aromatic rings. The highest BCUT2D eigenvalue weighted by Gasteiger charge is 2.57. The predicted molar refractivity (Wildman–Crippen MR) is 572 cm³/mol. The summed E-state index contributed by atoms with van der Waals surface area (Å²) in [4.78, 5) is 35.7. The summed E-state index contributed by atoms with van der Waals surface area (Å²) >= 11 is 14.9. The number of aromatic nitrogens is 2. The number of aryl methyl sites for hydroxylation is 8. The molecule has 0 saturated heterocycles. The van der Waals surface area contributed by atoms with Crippen LogP contribution >= 0.6 is 81.2 Å². The second-order valence-corrected chi connectivity index (χ2v) is 44.1. The van der Waals surface area contributed by atoms with Crippen LogP contribution in [0.25, 0.3) is 82.6 Å². The van der Waals surface area contributed by atoms with E-state index in [0.29, 0.717) is 22.2 Å². The van der Waals surface area contributed by atoms with E-state index in [0.717, 1.165) is 264 Å². The number of rotatable bonds is 38. The van der Waals surface area contributed by atoms with Crippen LogP contribution in [0.4, 0.5) is 17.6 Å². The van der Waals surface area contributed by atoms with E-state index in [1.165, 1.54) is 114 Å². The third kappa shape index (κ3) is 18.0. The van der Waals surface area contributed by atoms with Crippen molar-refractivity contribution in [3.05, 3.63) is 312 Å². The normalized spacial score (nSPS) is 16.6. The lowest BCUT2D eigenvalue weighted by molar-refractivity contribution is 0.103. The average Bonchev–Trinajstić information content (AvgIpc) is 1.48. The standard InChI is InChI=1S/C118H110F4N8O2S7/c1-9-15-21-27-33-69-43-67(7)45-79(49-69)117(81-51-71(35-29-23-17-11-3)47-72(52-81)36-30-24-18-12-4)91-61-96(83-41-39-75(105(128-133)104(83)127)55-89-99(77(63-123)64-124)85-57-92(119)94(121)59-87(85)108(89)131)134-110(91)112-102(117)114-116(137-112)103-115(138-114)113-101(118(103,80-46-68(8)44-70(50-80)34-28-22-16-10-2)82-53-73(37-31-25-19-13-5)48-74(54-82)38-32-26-20-14-6)111-98(136-113)62-97(135-111)84-42-40-76(106-107(84)130-139-129-106)56-90-100(78(65-125)66-126)86-58-93(120)95(122)60-88(86)109(90)132/h39-62,127,133H,9-38H2,1-8H3/b89-55-,90-56-,127-104?,128-105?. The minimum atomic E-state index is -1.25. The highest BCUT2D eigenvalue weighted by Crippen LogP contribution is 2.72. The summed E-state index contributed by atoms with van der Waals surface area (Å²) in [5.41, 5.74) is 19.8. The van der Waals surface area contributed by atoms with Crippen molar-refractivity contribution >= 4 is 157 Å². The maximum absolute atomic E-state index is 15.3. The Morgan fingerprint density at radius 2 is 0.806 bits per heavy atom. The molecule has 7 aromatic carbocycles. The largest absolute Gasteiger partial charge is 0.298 e. The van der Waals surface area contributed by atoms with Crippen molar-refractivity contribution in [1.29, 1.82) is 26.5 Å². The number of unbranched alkanes of at least 4 members (excludes halogenated alkanes) is 18. The summed E-state index contributed by atoms with van der Waals surface area (Å²) in [6.45, 7) is 18.2. The summed E-state index contributed by atoms with van der Waals surface area (Å²) < 4.78 is 80.0. The fourth-order valence-corrected chi connectivity index (χ4v) is 30.3. The maximum atomic E-state index is 15.3. The lowest BCUT2D eigenvalue weighted by atomic mass is 9.66. The zero-order valence-electron chi connectivity index (χ0n) is 79.9. The number of hydrogen-bond acceptors (Lipinski definition) is 17. The molecule has 0 amide bonds. The number of fused-ring (bicyclic) bond motifs is 14. The number of nitrogens with zero attached hydrogens (tertiary/aromatic N) is 7. The topological polar surface area (TPSA) is 191 Å². The molecule has 1 N–H and O–H groups in total. The molecule has 0 radical (unpaired) electrons. The highest BCUT2D eigenvalue weighted by atomic mass is 32.1. The summed E-state index contributed by atoms with van der Waals surface area (Å²) in [6.07, 6.45) is 38.6.